The van der Waals surface area contributed by atoms with Crippen molar-refractivity contribution in [3.8, 4) is 5.75 Å². The number of rotatable bonds is 3. The summed E-state index contributed by atoms with van der Waals surface area (Å²) in [5.41, 5.74) is 0.939. The highest BCUT2D eigenvalue weighted by Gasteiger charge is 2.29. The zero-order chi connectivity index (χ0) is 17.3. The van der Waals surface area contributed by atoms with Crippen LogP contribution in [0.1, 0.15) is 38.8 Å². The average molecular weight is 330 g/mol. The Morgan fingerprint density at radius 1 is 1.33 bits per heavy atom. The SMILES string of the molecule is Cc1cc(OCC(=O)N2[C@@H](C)CCC[C@@H]2C)c2cccc(F)c2n1. The van der Waals surface area contributed by atoms with Crippen LogP contribution < -0.4 is 4.74 Å². The Kier molecular flexibility index (Phi) is 4.69. The predicted molar refractivity (Wildman–Crippen MR) is 91.6 cm³/mol. The van der Waals surface area contributed by atoms with Gasteiger partial charge in [0, 0.05) is 29.2 Å². The van der Waals surface area contributed by atoms with Crippen molar-refractivity contribution in [3.05, 3.63) is 35.8 Å². The smallest absolute Gasteiger partial charge is 0.260 e. The number of likely N-dealkylation sites (tertiary alicyclic amines) is 1. The van der Waals surface area contributed by atoms with E-state index < -0.39 is 0 Å². The van der Waals surface area contributed by atoms with Gasteiger partial charge in [0.1, 0.15) is 17.1 Å². The quantitative estimate of drug-likeness (QED) is 0.858. The summed E-state index contributed by atoms with van der Waals surface area (Å²) in [6.07, 6.45) is 3.21. The van der Waals surface area contributed by atoms with E-state index in [0.717, 1.165) is 19.3 Å². The van der Waals surface area contributed by atoms with Crippen molar-refractivity contribution in [2.75, 3.05) is 6.61 Å². The predicted octanol–water partition coefficient (Wildman–Crippen LogP) is 3.85. The number of pyridine rings is 1. The largest absolute Gasteiger partial charge is 0.483 e. The fourth-order valence-corrected chi connectivity index (χ4v) is 3.55. The fourth-order valence-electron chi connectivity index (χ4n) is 3.55. The second-order valence-electron chi connectivity index (χ2n) is 6.62. The van der Waals surface area contributed by atoms with Gasteiger partial charge in [-0.15, -0.1) is 0 Å². The first kappa shape index (κ1) is 16.7. The second-order valence-corrected chi connectivity index (χ2v) is 6.62. The van der Waals surface area contributed by atoms with Gasteiger partial charge in [0.25, 0.3) is 5.91 Å². The van der Waals surface area contributed by atoms with Crippen LogP contribution in [0.4, 0.5) is 4.39 Å². The summed E-state index contributed by atoms with van der Waals surface area (Å²) in [7, 11) is 0. The maximum Gasteiger partial charge on any atom is 0.260 e. The van der Waals surface area contributed by atoms with Gasteiger partial charge in [-0.1, -0.05) is 6.07 Å². The molecule has 0 N–H and O–H groups in total. The number of aryl methyl sites for hydroxylation is 1. The molecule has 0 aliphatic carbocycles. The van der Waals surface area contributed by atoms with E-state index in [9.17, 15) is 9.18 Å². The normalized spacial score (nSPS) is 21.1. The van der Waals surface area contributed by atoms with Gasteiger partial charge in [-0.3, -0.25) is 4.79 Å². The lowest BCUT2D eigenvalue weighted by Gasteiger charge is -2.39. The standard InChI is InChI=1S/C19H23FN2O2/c1-12-10-17(15-8-5-9-16(20)19(15)21-12)24-11-18(23)22-13(2)6-4-7-14(22)3/h5,8-10,13-14H,4,6-7,11H2,1-3H3/t13-,14-/m0/s1. The van der Waals surface area contributed by atoms with Gasteiger partial charge < -0.3 is 9.64 Å². The molecule has 1 aliphatic rings. The molecule has 2 aromatic rings. The Hall–Kier alpha value is -2.17. The van der Waals surface area contributed by atoms with Crippen LogP contribution in [0, 0.1) is 12.7 Å². The van der Waals surface area contributed by atoms with Crippen molar-refractivity contribution in [2.24, 2.45) is 0 Å². The van der Waals surface area contributed by atoms with E-state index in [2.05, 4.69) is 18.8 Å². The van der Waals surface area contributed by atoms with Gasteiger partial charge in [0.05, 0.1) is 0 Å². The number of carbonyl (C=O) groups is 1. The molecule has 1 amide bonds. The van der Waals surface area contributed by atoms with Crippen molar-refractivity contribution in [2.45, 2.75) is 52.1 Å². The first-order valence-electron chi connectivity index (χ1n) is 8.47. The molecule has 128 valence electrons. The Labute approximate surface area is 141 Å². The Balaban J connectivity index is 1.80. The molecule has 5 heteroatoms. The minimum atomic E-state index is -0.384. The summed E-state index contributed by atoms with van der Waals surface area (Å²) in [6, 6.07) is 6.98. The number of halogens is 1. The second kappa shape index (κ2) is 6.75. The molecule has 2 atom stereocenters. The molecule has 0 spiro atoms. The molecule has 1 aliphatic heterocycles. The summed E-state index contributed by atoms with van der Waals surface area (Å²) < 4.78 is 19.7. The highest BCUT2D eigenvalue weighted by molar-refractivity contribution is 5.86. The number of hydrogen-bond acceptors (Lipinski definition) is 3. The van der Waals surface area contributed by atoms with Crippen molar-refractivity contribution < 1.29 is 13.9 Å². The molecule has 0 unspecified atom stereocenters. The van der Waals surface area contributed by atoms with Crippen LogP contribution in [0.25, 0.3) is 10.9 Å². The minimum Gasteiger partial charge on any atom is -0.483 e. The fraction of sp³-hybridized carbons (Fsp3) is 0.474. The number of para-hydroxylation sites is 1. The van der Waals surface area contributed by atoms with Gasteiger partial charge in [-0.2, -0.15) is 0 Å². The zero-order valence-corrected chi connectivity index (χ0v) is 14.4. The molecule has 1 fully saturated rings. The van der Waals surface area contributed by atoms with Crippen LogP contribution >= 0.6 is 0 Å². The van der Waals surface area contributed by atoms with Crippen LogP contribution in [0.2, 0.25) is 0 Å². The van der Waals surface area contributed by atoms with Crippen molar-refractivity contribution >= 4 is 16.8 Å². The maximum atomic E-state index is 13.9. The number of carbonyl (C=O) groups excluding carboxylic acids is 1. The third-order valence-corrected chi connectivity index (χ3v) is 4.71. The van der Waals surface area contributed by atoms with Gasteiger partial charge >= 0.3 is 0 Å². The van der Waals surface area contributed by atoms with Crippen LogP contribution in [0.15, 0.2) is 24.3 Å². The first-order valence-corrected chi connectivity index (χ1v) is 8.47. The molecule has 2 heterocycles. The number of hydrogen-bond donors (Lipinski definition) is 0. The number of ether oxygens (including phenoxy) is 1. The molecular weight excluding hydrogens is 307 g/mol. The molecule has 3 rings (SSSR count). The molecule has 4 nitrogen and oxygen atoms in total. The van der Waals surface area contributed by atoms with Gasteiger partial charge in [-0.25, -0.2) is 9.37 Å². The number of nitrogens with zero attached hydrogens (tertiary/aromatic N) is 2. The van der Waals surface area contributed by atoms with E-state index in [1.165, 1.54) is 6.07 Å². The summed E-state index contributed by atoms with van der Waals surface area (Å²) >= 11 is 0. The summed E-state index contributed by atoms with van der Waals surface area (Å²) in [4.78, 5) is 18.7. The lowest BCUT2D eigenvalue weighted by Crippen LogP contribution is -2.49. The van der Waals surface area contributed by atoms with E-state index >= 15 is 0 Å². The number of piperidine rings is 1. The van der Waals surface area contributed by atoms with Crippen molar-refractivity contribution in [3.63, 3.8) is 0 Å². The van der Waals surface area contributed by atoms with Crippen molar-refractivity contribution in [1.29, 1.82) is 0 Å². The van der Waals surface area contributed by atoms with E-state index in [1.807, 2.05) is 4.90 Å². The van der Waals surface area contributed by atoms with E-state index in [-0.39, 0.29) is 35.9 Å². The van der Waals surface area contributed by atoms with Crippen LogP contribution in [0.5, 0.6) is 5.75 Å². The van der Waals surface area contributed by atoms with Crippen LogP contribution in [-0.2, 0) is 4.79 Å². The topological polar surface area (TPSA) is 42.4 Å². The summed E-state index contributed by atoms with van der Waals surface area (Å²) in [6.45, 7) is 5.91. The van der Waals surface area contributed by atoms with Gasteiger partial charge in [0.15, 0.2) is 6.61 Å². The van der Waals surface area contributed by atoms with Gasteiger partial charge in [0.2, 0.25) is 0 Å². The molecule has 1 aromatic heterocycles. The number of fused-ring (bicyclic) bond motifs is 1. The Morgan fingerprint density at radius 2 is 2.04 bits per heavy atom. The Morgan fingerprint density at radius 3 is 2.75 bits per heavy atom. The van der Waals surface area contributed by atoms with E-state index in [0.29, 0.717) is 16.8 Å². The highest BCUT2D eigenvalue weighted by Crippen LogP contribution is 2.28. The molecule has 0 saturated carbocycles. The number of amides is 1. The van der Waals surface area contributed by atoms with E-state index in [1.54, 1.807) is 25.1 Å². The first-order chi connectivity index (χ1) is 11.5. The molecule has 1 saturated heterocycles. The Bertz CT molecular complexity index is 752. The minimum absolute atomic E-state index is 0.0197. The summed E-state index contributed by atoms with van der Waals surface area (Å²) in [5, 5.41) is 0.591. The number of benzene rings is 1. The zero-order valence-electron chi connectivity index (χ0n) is 14.4. The molecular formula is C19H23FN2O2. The monoisotopic (exact) mass is 330 g/mol. The molecule has 24 heavy (non-hydrogen) atoms. The molecule has 1 aromatic carbocycles. The van der Waals surface area contributed by atoms with Crippen LogP contribution in [0.3, 0.4) is 0 Å². The maximum absolute atomic E-state index is 13.9. The van der Waals surface area contributed by atoms with Crippen molar-refractivity contribution in [1.82, 2.24) is 9.88 Å². The summed E-state index contributed by atoms with van der Waals surface area (Å²) in [5.74, 6) is 0.0991. The highest BCUT2D eigenvalue weighted by atomic mass is 19.1. The third-order valence-electron chi connectivity index (χ3n) is 4.71. The third kappa shape index (κ3) is 3.21. The molecule has 0 bridgehead atoms. The number of aromatic nitrogens is 1. The van der Waals surface area contributed by atoms with Crippen LogP contribution in [-0.4, -0.2) is 34.5 Å². The van der Waals surface area contributed by atoms with E-state index in [4.69, 9.17) is 4.74 Å². The lowest BCUT2D eigenvalue weighted by molar-refractivity contribution is -0.139. The lowest BCUT2D eigenvalue weighted by atomic mass is 9.97. The van der Waals surface area contributed by atoms with Gasteiger partial charge in [-0.05, 0) is 52.2 Å². The molecule has 0 radical (unpaired) electrons. The average Bonchev–Trinajstić information content (AvgIpc) is 2.53.